The Balaban J connectivity index is 2.92. The van der Waals surface area contributed by atoms with Gasteiger partial charge in [0, 0.05) is 12.7 Å². The number of carbonyl (C=O) groups is 1. The van der Waals surface area contributed by atoms with Crippen LogP contribution in [0.25, 0.3) is 0 Å². The molecule has 0 aliphatic rings. The van der Waals surface area contributed by atoms with Crippen molar-refractivity contribution >= 4 is 17.7 Å². The molecule has 0 saturated carbocycles. The first-order valence-electron chi connectivity index (χ1n) is 4.41. The van der Waals surface area contributed by atoms with Gasteiger partial charge in [-0.25, -0.2) is 0 Å². The first-order chi connectivity index (χ1) is 6.27. The summed E-state index contributed by atoms with van der Waals surface area (Å²) >= 11 is 1.30. The van der Waals surface area contributed by atoms with Crippen LogP contribution in [0.1, 0.15) is 32.6 Å². The molecule has 0 spiro atoms. The van der Waals surface area contributed by atoms with E-state index in [1.165, 1.54) is 18.7 Å². The molecule has 0 amide bonds. The van der Waals surface area contributed by atoms with Crippen molar-refractivity contribution in [3.8, 4) is 5.40 Å². The van der Waals surface area contributed by atoms with Crippen LogP contribution in [0, 0.1) is 10.7 Å². The summed E-state index contributed by atoms with van der Waals surface area (Å²) < 4.78 is 4.77. The number of ether oxygens (including phenoxy) is 1. The predicted octanol–water partition coefficient (Wildman–Crippen LogP) is 2.32. The maximum atomic E-state index is 10.4. The molecule has 0 radical (unpaired) electrons. The summed E-state index contributed by atoms with van der Waals surface area (Å²) in [5.74, 6) is 0.699. The Morgan fingerprint density at radius 1 is 1.38 bits per heavy atom. The number of hydrogen-bond donors (Lipinski definition) is 0. The average Bonchev–Trinajstić information content (AvgIpc) is 2.09. The molecule has 13 heavy (non-hydrogen) atoms. The molecule has 0 N–H and O–H groups in total. The van der Waals surface area contributed by atoms with Crippen molar-refractivity contribution in [1.29, 1.82) is 5.26 Å². The molecule has 0 aliphatic heterocycles. The van der Waals surface area contributed by atoms with Crippen LogP contribution in [-0.2, 0) is 9.53 Å². The van der Waals surface area contributed by atoms with E-state index in [0.717, 1.165) is 31.4 Å². The highest BCUT2D eigenvalue weighted by molar-refractivity contribution is 8.03. The number of thiocyanates is 1. The van der Waals surface area contributed by atoms with Gasteiger partial charge < -0.3 is 4.74 Å². The molecular formula is C9H15NO2S. The second-order valence-electron chi connectivity index (χ2n) is 2.69. The summed E-state index contributed by atoms with van der Waals surface area (Å²) in [7, 11) is 0. The van der Waals surface area contributed by atoms with Crippen molar-refractivity contribution in [3.05, 3.63) is 0 Å². The van der Waals surface area contributed by atoms with Crippen LogP contribution in [-0.4, -0.2) is 18.3 Å². The zero-order valence-corrected chi connectivity index (χ0v) is 8.73. The molecule has 0 aromatic carbocycles. The highest BCUT2D eigenvalue weighted by Crippen LogP contribution is 2.05. The van der Waals surface area contributed by atoms with Crippen LogP contribution in [0.4, 0.5) is 0 Å². The highest BCUT2D eigenvalue weighted by atomic mass is 32.2. The molecule has 74 valence electrons. The van der Waals surface area contributed by atoms with E-state index in [2.05, 4.69) is 0 Å². The lowest BCUT2D eigenvalue weighted by Crippen LogP contribution is -2.00. The van der Waals surface area contributed by atoms with E-state index in [1.54, 1.807) is 0 Å². The number of carbonyl (C=O) groups excluding carboxylic acids is 1. The molecular weight excluding hydrogens is 186 g/mol. The fourth-order valence-corrected chi connectivity index (χ4v) is 1.33. The number of rotatable bonds is 7. The van der Waals surface area contributed by atoms with Crippen molar-refractivity contribution in [1.82, 2.24) is 0 Å². The molecule has 0 rings (SSSR count). The van der Waals surface area contributed by atoms with Crippen LogP contribution < -0.4 is 0 Å². The van der Waals surface area contributed by atoms with E-state index < -0.39 is 0 Å². The Morgan fingerprint density at radius 3 is 2.69 bits per heavy atom. The smallest absolute Gasteiger partial charge is 0.302 e. The molecule has 4 heteroatoms. The molecule has 0 atom stereocenters. The molecule has 0 aromatic rings. The van der Waals surface area contributed by atoms with Crippen molar-refractivity contribution in [2.24, 2.45) is 0 Å². The summed E-state index contributed by atoms with van der Waals surface area (Å²) in [4.78, 5) is 10.4. The first-order valence-corrected chi connectivity index (χ1v) is 5.40. The van der Waals surface area contributed by atoms with E-state index in [4.69, 9.17) is 10.00 Å². The number of thioether (sulfide) groups is 1. The normalized spacial score (nSPS) is 9.23. The van der Waals surface area contributed by atoms with E-state index in [1.807, 2.05) is 5.40 Å². The SMILES string of the molecule is CC(=O)OCCCCCCSC#N. The lowest BCUT2D eigenvalue weighted by Gasteiger charge is -2.00. The van der Waals surface area contributed by atoms with Crippen LogP contribution in [0.15, 0.2) is 0 Å². The number of esters is 1. The number of nitriles is 1. The maximum absolute atomic E-state index is 10.4. The Morgan fingerprint density at radius 2 is 2.08 bits per heavy atom. The highest BCUT2D eigenvalue weighted by Gasteiger charge is 1.93. The lowest BCUT2D eigenvalue weighted by atomic mass is 10.2. The standard InChI is InChI=1S/C9H15NO2S/c1-9(11)12-6-4-2-3-5-7-13-8-10/h2-7H2,1H3. The van der Waals surface area contributed by atoms with Crippen LogP contribution in [0.3, 0.4) is 0 Å². The predicted molar refractivity (Wildman–Crippen MR) is 53.2 cm³/mol. The quantitative estimate of drug-likeness (QED) is 0.360. The van der Waals surface area contributed by atoms with Crippen molar-refractivity contribution in [3.63, 3.8) is 0 Å². The lowest BCUT2D eigenvalue weighted by molar-refractivity contribution is -0.141. The second kappa shape index (κ2) is 9.40. The van der Waals surface area contributed by atoms with Gasteiger partial charge in [-0.15, -0.1) is 0 Å². The number of hydrogen-bond acceptors (Lipinski definition) is 4. The van der Waals surface area contributed by atoms with Crippen molar-refractivity contribution < 1.29 is 9.53 Å². The maximum Gasteiger partial charge on any atom is 0.302 e. The van der Waals surface area contributed by atoms with E-state index >= 15 is 0 Å². The van der Waals surface area contributed by atoms with Gasteiger partial charge >= 0.3 is 5.97 Å². The minimum atomic E-state index is -0.208. The molecule has 0 saturated heterocycles. The minimum Gasteiger partial charge on any atom is -0.466 e. The molecule has 0 aliphatic carbocycles. The van der Waals surface area contributed by atoms with Crippen molar-refractivity contribution in [2.75, 3.05) is 12.4 Å². The summed E-state index contributed by atoms with van der Waals surface area (Å²) in [6, 6.07) is 0. The number of nitrogens with zero attached hydrogens (tertiary/aromatic N) is 1. The fraction of sp³-hybridized carbons (Fsp3) is 0.778. The zero-order valence-electron chi connectivity index (χ0n) is 7.91. The third kappa shape index (κ3) is 11.3. The Kier molecular flexibility index (Phi) is 8.90. The van der Waals surface area contributed by atoms with Gasteiger partial charge in [-0.3, -0.25) is 4.79 Å². The average molecular weight is 201 g/mol. The van der Waals surface area contributed by atoms with E-state index in [9.17, 15) is 4.79 Å². The van der Waals surface area contributed by atoms with E-state index in [0.29, 0.717) is 6.61 Å². The van der Waals surface area contributed by atoms with Crippen molar-refractivity contribution in [2.45, 2.75) is 32.6 Å². The molecule has 0 aromatic heterocycles. The van der Waals surface area contributed by atoms with E-state index in [-0.39, 0.29) is 5.97 Å². The van der Waals surface area contributed by atoms with Crippen LogP contribution in [0.2, 0.25) is 0 Å². The summed E-state index contributed by atoms with van der Waals surface area (Å²) in [5.41, 5.74) is 0. The molecule has 0 heterocycles. The Hall–Kier alpha value is -0.690. The third-order valence-corrected chi connectivity index (χ3v) is 2.13. The monoisotopic (exact) mass is 201 g/mol. The second-order valence-corrected chi connectivity index (χ2v) is 3.57. The minimum absolute atomic E-state index is 0.208. The summed E-state index contributed by atoms with van der Waals surface area (Å²) in [6.07, 6.45) is 4.17. The third-order valence-electron chi connectivity index (χ3n) is 1.51. The largest absolute Gasteiger partial charge is 0.466 e. The van der Waals surface area contributed by atoms with Gasteiger partial charge in [-0.2, -0.15) is 5.26 Å². The van der Waals surface area contributed by atoms with Crippen LogP contribution >= 0.6 is 11.8 Å². The van der Waals surface area contributed by atoms with Gasteiger partial charge in [-0.05, 0) is 24.6 Å². The van der Waals surface area contributed by atoms with Gasteiger partial charge in [0.25, 0.3) is 0 Å². The molecule has 0 unspecified atom stereocenters. The van der Waals surface area contributed by atoms with Gasteiger partial charge in [0.05, 0.1) is 6.61 Å². The zero-order chi connectivity index (χ0) is 9.94. The Labute approximate surface area is 83.4 Å². The Bertz CT molecular complexity index is 177. The molecule has 3 nitrogen and oxygen atoms in total. The molecule has 0 bridgehead atoms. The summed E-state index contributed by atoms with van der Waals surface area (Å²) in [6.45, 7) is 1.95. The molecule has 0 fully saturated rings. The van der Waals surface area contributed by atoms with Gasteiger partial charge in [0.2, 0.25) is 0 Å². The van der Waals surface area contributed by atoms with Crippen LogP contribution in [0.5, 0.6) is 0 Å². The van der Waals surface area contributed by atoms with Gasteiger partial charge in [-0.1, -0.05) is 12.8 Å². The van der Waals surface area contributed by atoms with Gasteiger partial charge in [0.1, 0.15) is 5.40 Å². The number of unbranched alkanes of at least 4 members (excludes halogenated alkanes) is 3. The first kappa shape index (κ1) is 12.3. The fourth-order valence-electron chi connectivity index (χ4n) is 0.891. The van der Waals surface area contributed by atoms with Gasteiger partial charge in [0.15, 0.2) is 0 Å². The topological polar surface area (TPSA) is 50.1 Å². The summed E-state index contributed by atoms with van der Waals surface area (Å²) in [5, 5.41) is 10.3.